The van der Waals surface area contributed by atoms with Gasteiger partial charge in [-0.1, -0.05) is 12.1 Å². The van der Waals surface area contributed by atoms with E-state index < -0.39 is 24.3 Å². The lowest BCUT2D eigenvalue weighted by Gasteiger charge is -2.09. The van der Waals surface area contributed by atoms with Crippen molar-refractivity contribution in [1.82, 2.24) is 14.5 Å². The molecule has 0 radical (unpaired) electrons. The van der Waals surface area contributed by atoms with E-state index in [1.54, 1.807) is 6.07 Å². The second-order valence-corrected chi connectivity index (χ2v) is 5.37. The third kappa shape index (κ3) is 4.09. The van der Waals surface area contributed by atoms with E-state index in [9.17, 15) is 18.0 Å². The molecule has 0 spiro atoms. The van der Waals surface area contributed by atoms with Gasteiger partial charge < -0.3 is 19.4 Å². The first-order valence-electron chi connectivity index (χ1n) is 7.39. The predicted molar refractivity (Wildman–Crippen MR) is 83.2 cm³/mol. The SMILES string of the molecule is O=C(Nc1cn(Cc2cccc(C(F)(F)F)c2)cn1)c1coc(CO)n1. The van der Waals surface area contributed by atoms with Crippen LogP contribution in [0.2, 0.25) is 0 Å². The maximum absolute atomic E-state index is 12.7. The Hall–Kier alpha value is -3.14. The summed E-state index contributed by atoms with van der Waals surface area (Å²) in [6.07, 6.45) is -0.446. The highest BCUT2D eigenvalue weighted by atomic mass is 19.4. The van der Waals surface area contributed by atoms with Gasteiger partial charge in [0, 0.05) is 12.7 Å². The highest BCUT2D eigenvalue weighted by Crippen LogP contribution is 2.29. The van der Waals surface area contributed by atoms with E-state index in [1.807, 2.05) is 0 Å². The van der Waals surface area contributed by atoms with Gasteiger partial charge in [0.2, 0.25) is 5.89 Å². The molecule has 3 aromatic rings. The Balaban J connectivity index is 1.67. The van der Waals surface area contributed by atoms with Crippen LogP contribution in [-0.2, 0) is 19.3 Å². The van der Waals surface area contributed by atoms with E-state index in [-0.39, 0.29) is 23.9 Å². The number of hydrogen-bond donors (Lipinski definition) is 2. The summed E-state index contributed by atoms with van der Waals surface area (Å²) in [6.45, 7) is -0.274. The number of imidazole rings is 1. The summed E-state index contributed by atoms with van der Waals surface area (Å²) in [5.41, 5.74) is -0.310. The van der Waals surface area contributed by atoms with Crippen LogP contribution >= 0.6 is 0 Å². The molecule has 0 aliphatic heterocycles. The number of aromatic nitrogens is 3. The van der Waals surface area contributed by atoms with Crippen LogP contribution in [0.3, 0.4) is 0 Å². The van der Waals surface area contributed by atoms with Gasteiger partial charge >= 0.3 is 6.18 Å². The number of carbonyl (C=O) groups excluding carboxylic acids is 1. The average Bonchev–Trinajstić information content (AvgIpc) is 3.23. The van der Waals surface area contributed by atoms with Crippen LogP contribution in [-0.4, -0.2) is 25.5 Å². The maximum Gasteiger partial charge on any atom is 0.416 e. The summed E-state index contributed by atoms with van der Waals surface area (Å²) in [4.78, 5) is 19.7. The molecule has 26 heavy (non-hydrogen) atoms. The molecule has 0 aliphatic carbocycles. The summed E-state index contributed by atoms with van der Waals surface area (Å²) in [6, 6.07) is 4.96. The van der Waals surface area contributed by atoms with Crippen molar-refractivity contribution in [3.05, 3.63) is 65.8 Å². The van der Waals surface area contributed by atoms with Gasteiger partial charge in [0.05, 0.1) is 11.9 Å². The number of carbonyl (C=O) groups is 1. The smallest absolute Gasteiger partial charge is 0.416 e. The van der Waals surface area contributed by atoms with Crippen molar-refractivity contribution in [2.75, 3.05) is 5.32 Å². The second kappa shape index (κ2) is 7.00. The van der Waals surface area contributed by atoms with Crippen molar-refractivity contribution in [3.8, 4) is 0 Å². The van der Waals surface area contributed by atoms with Crippen molar-refractivity contribution < 1.29 is 27.5 Å². The highest BCUT2D eigenvalue weighted by Gasteiger charge is 2.30. The number of nitrogens with zero attached hydrogens (tertiary/aromatic N) is 3. The van der Waals surface area contributed by atoms with Crippen molar-refractivity contribution in [3.63, 3.8) is 0 Å². The minimum absolute atomic E-state index is 0.00484. The standard InChI is InChI=1S/C16H13F3N4O3/c17-16(18,19)11-3-1-2-10(4-11)5-23-6-13(20-9-23)22-15(25)12-8-26-14(7-24)21-12/h1-4,6,8-9,24H,5,7H2,(H,22,25). The van der Waals surface area contributed by atoms with Crippen LogP contribution in [0, 0.1) is 0 Å². The topological polar surface area (TPSA) is 93.2 Å². The molecule has 2 heterocycles. The molecule has 2 N–H and O–H groups in total. The third-order valence-corrected chi connectivity index (χ3v) is 3.41. The number of aliphatic hydroxyl groups excluding tert-OH is 1. The lowest BCUT2D eigenvalue weighted by Crippen LogP contribution is -2.12. The molecule has 1 amide bonds. The average molecular weight is 366 g/mol. The second-order valence-electron chi connectivity index (χ2n) is 5.37. The lowest BCUT2D eigenvalue weighted by atomic mass is 10.1. The Labute approximate surface area is 145 Å². The molecule has 136 valence electrons. The number of oxazole rings is 1. The largest absolute Gasteiger partial charge is 0.446 e. The highest BCUT2D eigenvalue weighted by molar-refractivity contribution is 6.02. The molecule has 10 heteroatoms. The molecule has 0 atom stereocenters. The molecule has 7 nitrogen and oxygen atoms in total. The number of hydrogen-bond acceptors (Lipinski definition) is 5. The Morgan fingerprint density at radius 3 is 2.85 bits per heavy atom. The molecule has 0 saturated carbocycles. The molecule has 2 aromatic heterocycles. The van der Waals surface area contributed by atoms with E-state index in [2.05, 4.69) is 15.3 Å². The normalized spacial score (nSPS) is 11.5. The zero-order valence-corrected chi connectivity index (χ0v) is 13.2. The Kier molecular flexibility index (Phi) is 4.76. The molecule has 3 rings (SSSR count). The minimum atomic E-state index is -4.41. The summed E-state index contributed by atoms with van der Waals surface area (Å²) in [5, 5.41) is 11.3. The Morgan fingerprint density at radius 1 is 1.35 bits per heavy atom. The molecule has 0 fully saturated rings. The summed E-state index contributed by atoms with van der Waals surface area (Å²) in [5.74, 6) is -0.376. The number of alkyl halides is 3. The number of aliphatic hydroxyl groups is 1. The minimum Gasteiger partial charge on any atom is -0.446 e. The summed E-state index contributed by atoms with van der Waals surface area (Å²) < 4.78 is 44.6. The van der Waals surface area contributed by atoms with Gasteiger partial charge in [-0.05, 0) is 17.7 Å². The fourth-order valence-corrected chi connectivity index (χ4v) is 2.24. The van der Waals surface area contributed by atoms with E-state index in [4.69, 9.17) is 9.52 Å². The van der Waals surface area contributed by atoms with Gasteiger partial charge in [0.1, 0.15) is 12.9 Å². The van der Waals surface area contributed by atoms with Crippen LogP contribution in [0.4, 0.5) is 19.0 Å². The monoisotopic (exact) mass is 366 g/mol. The maximum atomic E-state index is 12.7. The molecule has 0 saturated heterocycles. The molecule has 0 aliphatic rings. The third-order valence-electron chi connectivity index (χ3n) is 3.41. The predicted octanol–water partition coefficient (Wildman–Crippen LogP) is 2.68. The quantitative estimate of drug-likeness (QED) is 0.724. The number of nitrogens with one attached hydrogen (secondary N) is 1. The number of benzene rings is 1. The van der Waals surface area contributed by atoms with Crippen molar-refractivity contribution in [1.29, 1.82) is 0 Å². The van der Waals surface area contributed by atoms with Crippen molar-refractivity contribution in [2.24, 2.45) is 0 Å². The van der Waals surface area contributed by atoms with Crippen molar-refractivity contribution in [2.45, 2.75) is 19.3 Å². The Morgan fingerprint density at radius 2 is 2.15 bits per heavy atom. The summed E-state index contributed by atoms with van der Waals surface area (Å²) in [7, 11) is 0. The molecular formula is C16H13F3N4O3. The van der Waals surface area contributed by atoms with E-state index in [0.717, 1.165) is 18.4 Å². The zero-order chi connectivity index (χ0) is 18.7. The lowest BCUT2D eigenvalue weighted by molar-refractivity contribution is -0.137. The fraction of sp³-hybridized carbons (Fsp3) is 0.188. The van der Waals surface area contributed by atoms with Gasteiger partial charge in [-0.3, -0.25) is 4.79 Å². The van der Waals surface area contributed by atoms with Crippen LogP contribution in [0.1, 0.15) is 27.5 Å². The van der Waals surface area contributed by atoms with Crippen molar-refractivity contribution >= 4 is 11.7 Å². The summed E-state index contributed by atoms with van der Waals surface area (Å²) >= 11 is 0. The number of anilines is 1. The first-order valence-corrected chi connectivity index (χ1v) is 7.39. The van der Waals surface area contributed by atoms with Crippen LogP contribution in [0.15, 0.2) is 47.5 Å². The van der Waals surface area contributed by atoms with Gasteiger partial charge in [0.15, 0.2) is 11.5 Å². The van der Waals surface area contributed by atoms with E-state index in [0.29, 0.717) is 5.56 Å². The molecule has 0 bridgehead atoms. The van der Waals surface area contributed by atoms with Gasteiger partial charge in [0.25, 0.3) is 5.91 Å². The first-order chi connectivity index (χ1) is 12.3. The fourth-order valence-electron chi connectivity index (χ4n) is 2.24. The first kappa shape index (κ1) is 17.7. The van der Waals surface area contributed by atoms with Crippen LogP contribution in [0.5, 0.6) is 0 Å². The number of halogens is 3. The number of rotatable bonds is 5. The van der Waals surface area contributed by atoms with Gasteiger partial charge in [-0.2, -0.15) is 13.2 Å². The number of amides is 1. The molecule has 0 unspecified atom stereocenters. The van der Waals surface area contributed by atoms with E-state index >= 15 is 0 Å². The Bertz CT molecular complexity index is 917. The molecular weight excluding hydrogens is 353 g/mol. The van der Waals surface area contributed by atoms with Gasteiger partial charge in [-0.25, -0.2) is 9.97 Å². The molecule has 1 aromatic carbocycles. The zero-order valence-electron chi connectivity index (χ0n) is 13.2. The van der Waals surface area contributed by atoms with Crippen LogP contribution < -0.4 is 5.32 Å². The van der Waals surface area contributed by atoms with Gasteiger partial charge in [-0.15, -0.1) is 0 Å². The van der Waals surface area contributed by atoms with E-state index in [1.165, 1.54) is 23.2 Å². The van der Waals surface area contributed by atoms with Crippen LogP contribution in [0.25, 0.3) is 0 Å².